The third kappa shape index (κ3) is 4.74. The fourth-order valence-corrected chi connectivity index (χ4v) is 1.06. The molecule has 0 fully saturated rings. The fraction of sp³-hybridized carbons (Fsp3) is 0.667. The highest BCUT2D eigenvalue weighted by atomic mass is 16.4. The normalized spacial score (nSPS) is 13.9. The van der Waals surface area contributed by atoms with Gasteiger partial charge in [-0.1, -0.05) is 6.92 Å². The molecule has 7 heteroatoms. The zero-order valence-electron chi connectivity index (χ0n) is 8.89. The van der Waals surface area contributed by atoms with E-state index in [1.54, 1.807) is 6.92 Å². The summed E-state index contributed by atoms with van der Waals surface area (Å²) in [5.41, 5.74) is -2.55. The van der Waals surface area contributed by atoms with E-state index >= 15 is 0 Å². The Kier molecular flexibility index (Phi) is 5.44. The number of aliphatic carboxylic acids is 2. The smallest absolute Gasteiger partial charge is 0.336 e. The predicted octanol–water partition coefficient (Wildman–Crippen LogP) is -0.807. The second-order valence-corrected chi connectivity index (χ2v) is 3.43. The number of hydrogen-bond donors (Lipinski definition) is 4. The van der Waals surface area contributed by atoms with Crippen LogP contribution in [0.5, 0.6) is 0 Å². The van der Waals surface area contributed by atoms with Crippen molar-refractivity contribution in [2.45, 2.75) is 31.8 Å². The molecular formula is C9H15NO6. The quantitative estimate of drug-likeness (QED) is 0.456. The Morgan fingerprint density at radius 3 is 2.12 bits per heavy atom. The molecule has 1 atom stereocenters. The van der Waals surface area contributed by atoms with Crippen molar-refractivity contribution in [1.82, 2.24) is 5.32 Å². The van der Waals surface area contributed by atoms with Crippen LogP contribution in [0.3, 0.4) is 0 Å². The van der Waals surface area contributed by atoms with Crippen molar-refractivity contribution in [2.75, 3.05) is 6.54 Å². The van der Waals surface area contributed by atoms with Crippen LogP contribution < -0.4 is 5.32 Å². The number of nitrogens with one attached hydrogen (secondary N) is 1. The molecule has 0 heterocycles. The van der Waals surface area contributed by atoms with Crippen LogP contribution >= 0.6 is 0 Å². The summed E-state index contributed by atoms with van der Waals surface area (Å²) in [6.07, 6.45) is -1.12. The SMILES string of the molecule is CCCNC(=O)CC(O)(CC(=O)O)C(=O)O. The highest BCUT2D eigenvalue weighted by Gasteiger charge is 2.40. The molecule has 0 aromatic carbocycles. The van der Waals surface area contributed by atoms with Crippen molar-refractivity contribution in [3.05, 3.63) is 0 Å². The number of carbonyl (C=O) groups is 3. The van der Waals surface area contributed by atoms with Crippen LogP contribution in [-0.2, 0) is 14.4 Å². The number of hydrogen-bond acceptors (Lipinski definition) is 4. The minimum atomic E-state index is -2.55. The molecule has 0 spiro atoms. The van der Waals surface area contributed by atoms with Crippen LogP contribution in [0.4, 0.5) is 0 Å². The van der Waals surface area contributed by atoms with Gasteiger partial charge in [0.2, 0.25) is 5.91 Å². The first-order valence-electron chi connectivity index (χ1n) is 4.76. The number of amides is 1. The minimum absolute atomic E-state index is 0.349. The molecule has 0 bridgehead atoms. The summed E-state index contributed by atoms with van der Waals surface area (Å²) < 4.78 is 0. The number of carbonyl (C=O) groups excluding carboxylic acids is 1. The van der Waals surface area contributed by atoms with Crippen LogP contribution in [0.25, 0.3) is 0 Å². The molecule has 7 nitrogen and oxygen atoms in total. The summed E-state index contributed by atoms with van der Waals surface area (Å²) in [6, 6.07) is 0. The number of carboxylic acid groups (broad SMARTS) is 2. The molecule has 1 unspecified atom stereocenters. The fourth-order valence-electron chi connectivity index (χ4n) is 1.06. The van der Waals surface area contributed by atoms with Gasteiger partial charge >= 0.3 is 11.9 Å². The van der Waals surface area contributed by atoms with Gasteiger partial charge in [-0.15, -0.1) is 0 Å². The van der Waals surface area contributed by atoms with Crippen molar-refractivity contribution in [2.24, 2.45) is 0 Å². The number of carboxylic acids is 2. The van der Waals surface area contributed by atoms with Crippen LogP contribution in [0.1, 0.15) is 26.2 Å². The van der Waals surface area contributed by atoms with Gasteiger partial charge < -0.3 is 20.6 Å². The molecule has 0 saturated heterocycles. The summed E-state index contributed by atoms with van der Waals surface area (Å²) in [7, 11) is 0. The summed E-state index contributed by atoms with van der Waals surface area (Å²) in [5, 5.41) is 28.9. The molecule has 92 valence electrons. The lowest BCUT2D eigenvalue weighted by Gasteiger charge is -2.20. The van der Waals surface area contributed by atoms with Crippen molar-refractivity contribution in [3.63, 3.8) is 0 Å². The van der Waals surface area contributed by atoms with E-state index in [9.17, 15) is 19.5 Å². The molecule has 0 aliphatic rings. The van der Waals surface area contributed by atoms with Crippen molar-refractivity contribution >= 4 is 17.8 Å². The first-order valence-corrected chi connectivity index (χ1v) is 4.76. The summed E-state index contributed by atoms with van der Waals surface area (Å²) in [6.45, 7) is 2.16. The third-order valence-corrected chi connectivity index (χ3v) is 1.87. The first kappa shape index (κ1) is 14.4. The molecule has 4 N–H and O–H groups in total. The molecule has 0 radical (unpaired) electrons. The van der Waals surface area contributed by atoms with Crippen LogP contribution in [0, 0.1) is 0 Å². The summed E-state index contributed by atoms with van der Waals surface area (Å²) in [4.78, 5) is 32.2. The summed E-state index contributed by atoms with van der Waals surface area (Å²) >= 11 is 0. The molecule has 16 heavy (non-hydrogen) atoms. The van der Waals surface area contributed by atoms with Gasteiger partial charge in [-0.3, -0.25) is 9.59 Å². The van der Waals surface area contributed by atoms with E-state index < -0.39 is 36.3 Å². The Morgan fingerprint density at radius 1 is 1.19 bits per heavy atom. The van der Waals surface area contributed by atoms with Crippen molar-refractivity contribution < 1.29 is 29.7 Å². The van der Waals surface area contributed by atoms with Gasteiger partial charge in [0.25, 0.3) is 0 Å². The second kappa shape index (κ2) is 6.06. The lowest BCUT2D eigenvalue weighted by atomic mass is 9.95. The zero-order valence-corrected chi connectivity index (χ0v) is 8.89. The molecule has 0 aliphatic heterocycles. The number of aliphatic hydroxyl groups is 1. The van der Waals surface area contributed by atoms with E-state index in [4.69, 9.17) is 10.2 Å². The summed E-state index contributed by atoms with van der Waals surface area (Å²) in [5.74, 6) is -3.89. The Morgan fingerprint density at radius 2 is 1.75 bits per heavy atom. The Bertz CT molecular complexity index is 290. The standard InChI is InChI=1S/C9H15NO6/c1-2-3-10-6(11)4-9(16,8(14)15)5-7(12)13/h16H,2-5H2,1H3,(H,10,11)(H,12,13)(H,14,15). The average Bonchev–Trinajstić information content (AvgIpc) is 2.12. The number of rotatable bonds is 7. The highest BCUT2D eigenvalue weighted by molar-refractivity contribution is 5.90. The van der Waals surface area contributed by atoms with Gasteiger partial charge in [0.1, 0.15) is 0 Å². The molecule has 0 aromatic rings. The van der Waals surface area contributed by atoms with E-state index in [-0.39, 0.29) is 0 Å². The monoisotopic (exact) mass is 233 g/mol. The molecule has 0 rings (SSSR count). The molecule has 0 aromatic heterocycles. The van der Waals surface area contributed by atoms with Gasteiger partial charge in [0.15, 0.2) is 5.60 Å². The second-order valence-electron chi connectivity index (χ2n) is 3.43. The first-order chi connectivity index (χ1) is 7.31. The molecular weight excluding hydrogens is 218 g/mol. The molecule has 0 saturated carbocycles. The van der Waals surface area contributed by atoms with Crippen molar-refractivity contribution in [1.29, 1.82) is 0 Å². The van der Waals surface area contributed by atoms with Gasteiger partial charge in [-0.2, -0.15) is 0 Å². The minimum Gasteiger partial charge on any atom is -0.481 e. The van der Waals surface area contributed by atoms with E-state index in [2.05, 4.69) is 5.32 Å². The van der Waals surface area contributed by atoms with Crippen LogP contribution in [0.15, 0.2) is 0 Å². The van der Waals surface area contributed by atoms with Crippen molar-refractivity contribution in [3.8, 4) is 0 Å². The van der Waals surface area contributed by atoms with Gasteiger partial charge in [0, 0.05) is 6.54 Å². The molecule has 1 amide bonds. The third-order valence-electron chi connectivity index (χ3n) is 1.87. The van der Waals surface area contributed by atoms with E-state index in [0.29, 0.717) is 13.0 Å². The van der Waals surface area contributed by atoms with Crippen LogP contribution in [-0.4, -0.2) is 45.3 Å². The van der Waals surface area contributed by atoms with Crippen LogP contribution in [0.2, 0.25) is 0 Å². The Balaban J connectivity index is 4.49. The topological polar surface area (TPSA) is 124 Å². The molecule has 0 aliphatic carbocycles. The Labute approximate surface area is 92.1 Å². The lowest BCUT2D eigenvalue weighted by Crippen LogP contribution is -2.45. The van der Waals surface area contributed by atoms with E-state index in [1.807, 2.05) is 0 Å². The van der Waals surface area contributed by atoms with Gasteiger partial charge in [-0.25, -0.2) is 4.79 Å². The zero-order chi connectivity index (χ0) is 12.8. The van der Waals surface area contributed by atoms with E-state index in [1.165, 1.54) is 0 Å². The maximum absolute atomic E-state index is 11.2. The van der Waals surface area contributed by atoms with E-state index in [0.717, 1.165) is 0 Å². The maximum Gasteiger partial charge on any atom is 0.336 e. The highest BCUT2D eigenvalue weighted by Crippen LogP contribution is 2.15. The lowest BCUT2D eigenvalue weighted by molar-refractivity contribution is -0.167. The maximum atomic E-state index is 11.2. The average molecular weight is 233 g/mol. The predicted molar refractivity (Wildman–Crippen MR) is 52.8 cm³/mol. The Hall–Kier alpha value is -1.63. The van der Waals surface area contributed by atoms with Gasteiger partial charge in [-0.05, 0) is 6.42 Å². The largest absolute Gasteiger partial charge is 0.481 e. The van der Waals surface area contributed by atoms with Gasteiger partial charge in [0.05, 0.1) is 12.8 Å².